The third kappa shape index (κ3) is 5.12. The van der Waals surface area contributed by atoms with Crippen LogP contribution < -0.4 is 10.1 Å². The molecule has 4 aliphatic carbocycles. The first-order valence-corrected chi connectivity index (χ1v) is 13.5. The Balaban J connectivity index is 1.43. The summed E-state index contributed by atoms with van der Waals surface area (Å²) < 4.78 is 17.2. The first kappa shape index (κ1) is 25.1. The predicted octanol–water partition coefficient (Wildman–Crippen LogP) is 6.52. The molecule has 8 heteroatoms. The van der Waals surface area contributed by atoms with E-state index in [1.165, 1.54) is 25.3 Å². The van der Waals surface area contributed by atoms with Crippen LogP contribution in [0.2, 0.25) is 0 Å². The van der Waals surface area contributed by atoms with Gasteiger partial charge in [-0.25, -0.2) is 4.79 Å². The molecule has 4 aliphatic rings. The summed E-state index contributed by atoms with van der Waals surface area (Å²) >= 11 is 1.06. The Hall–Kier alpha value is -2.55. The minimum atomic E-state index is -1.08. The summed E-state index contributed by atoms with van der Waals surface area (Å²) in [7, 11) is 1.56. The van der Waals surface area contributed by atoms with Gasteiger partial charge in [-0.3, -0.25) is 4.79 Å². The fraction of sp³-hybridized carbons (Fsp3) is 0.500. The van der Waals surface area contributed by atoms with Crippen molar-refractivity contribution in [2.24, 2.45) is 17.8 Å². The van der Waals surface area contributed by atoms with Crippen molar-refractivity contribution in [1.82, 2.24) is 0 Å². The van der Waals surface area contributed by atoms with Gasteiger partial charge in [-0.1, -0.05) is 12.1 Å². The number of carbonyl (C=O) groups is 2. The van der Waals surface area contributed by atoms with Crippen molar-refractivity contribution in [2.45, 2.75) is 62.2 Å². The first-order valence-electron chi connectivity index (χ1n) is 12.7. The predicted molar refractivity (Wildman–Crippen MR) is 138 cm³/mol. The Kier molecular flexibility index (Phi) is 7.28. The molecule has 1 amide bonds. The van der Waals surface area contributed by atoms with Crippen LogP contribution in [0.3, 0.4) is 0 Å². The normalized spacial score (nSPS) is 27.0. The van der Waals surface area contributed by atoms with Crippen LogP contribution in [0.25, 0.3) is 0 Å². The monoisotopic (exact) mass is 511 g/mol. The fourth-order valence-corrected chi connectivity index (χ4v) is 7.63. The molecule has 4 bridgehead atoms. The SMILES string of the molecule is CCOC(OC)Oc1ccc(SC(=O)Nc2ccccc2C(=O)O)cc1C12CC3CC(CC(C3)C1)C2. The molecule has 0 radical (unpaired) electrons. The third-order valence-corrected chi connectivity index (χ3v) is 8.66. The number of aromatic carboxylic acids is 1. The van der Waals surface area contributed by atoms with Crippen molar-refractivity contribution < 1.29 is 28.9 Å². The highest BCUT2D eigenvalue weighted by atomic mass is 32.2. The summed E-state index contributed by atoms with van der Waals surface area (Å²) in [5.41, 5.74) is 1.51. The number of thioether (sulfide) groups is 1. The van der Waals surface area contributed by atoms with E-state index in [0.717, 1.165) is 65.0 Å². The smallest absolute Gasteiger partial charge is 0.337 e. The number of para-hydroxylation sites is 1. The Labute approximate surface area is 215 Å². The topological polar surface area (TPSA) is 94.1 Å². The van der Waals surface area contributed by atoms with E-state index in [2.05, 4.69) is 11.4 Å². The number of rotatable bonds is 9. The summed E-state index contributed by atoms with van der Waals surface area (Å²) in [6.07, 6.45) is 7.43. The lowest BCUT2D eigenvalue weighted by molar-refractivity contribution is -0.231. The zero-order valence-electron chi connectivity index (χ0n) is 20.7. The van der Waals surface area contributed by atoms with Gasteiger partial charge in [-0.05, 0) is 111 Å². The lowest BCUT2D eigenvalue weighted by Crippen LogP contribution is -2.48. The van der Waals surface area contributed by atoms with Gasteiger partial charge in [0.15, 0.2) is 0 Å². The highest BCUT2D eigenvalue weighted by Gasteiger charge is 2.52. The first-order chi connectivity index (χ1) is 17.4. The molecule has 1 unspecified atom stereocenters. The van der Waals surface area contributed by atoms with Gasteiger partial charge < -0.3 is 24.6 Å². The summed E-state index contributed by atoms with van der Waals surface area (Å²) in [6, 6.07) is 12.3. The molecular weight excluding hydrogens is 478 g/mol. The number of hydrogen-bond donors (Lipinski definition) is 2. The van der Waals surface area contributed by atoms with Gasteiger partial charge in [-0.2, -0.15) is 0 Å². The Morgan fingerprint density at radius 3 is 2.36 bits per heavy atom. The molecule has 0 aliphatic heterocycles. The van der Waals surface area contributed by atoms with E-state index < -0.39 is 12.4 Å². The number of carbonyl (C=O) groups excluding carboxylic acids is 1. The number of benzene rings is 2. The summed E-state index contributed by atoms with van der Waals surface area (Å²) in [5, 5.41) is 11.8. The van der Waals surface area contributed by atoms with Gasteiger partial charge in [-0.15, -0.1) is 0 Å². The average Bonchev–Trinajstić information content (AvgIpc) is 2.84. The quantitative estimate of drug-likeness (QED) is 0.292. The molecule has 0 saturated heterocycles. The number of carboxylic acid groups (broad SMARTS) is 1. The van der Waals surface area contributed by atoms with Crippen LogP contribution >= 0.6 is 11.8 Å². The Bertz CT molecular complexity index is 1100. The molecule has 2 aromatic rings. The zero-order valence-corrected chi connectivity index (χ0v) is 21.5. The molecule has 6 rings (SSSR count). The highest BCUT2D eigenvalue weighted by molar-refractivity contribution is 8.13. The lowest BCUT2D eigenvalue weighted by atomic mass is 9.48. The molecular formula is C28H33NO6S. The maximum Gasteiger partial charge on any atom is 0.337 e. The van der Waals surface area contributed by atoms with Crippen LogP contribution in [0.15, 0.2) is 47.4 Å². The number of amides is 1. The molecule has 2 aromatic carbocycles. The highest BCUT2D eigenvalue weighted by Crippen LogP contribution is 2.62. The van der Waals surface area contributed by atoms with Crippen molar-refractivity contribution in [3.63, 3.8) is 0 Å². The van der Waals surface area contributed by atoms with Crippen LogP contribution in [0.1, 0.15) is 61.4 Å². The van der Waals surface area contributed by atoms with Crippen molar-refractivity contribution in [3.05, 3.63) is 53.6 Å². The maximum atomic E-state index is 12.9. The summed E-state index contributed by atoms with van der Waals surface area (Å²) in [5.74, 6) is 1.92. The van der Waals surface area contributed by atoms with Gasteiger partial charge in [0.1, 0.15) is 5.75 Å². The zero-order chi connectivity index (χ0) is 25.3. The van der Waals surface area contributed by atoms with Crippen LogP contribution in [0.4, 0.5) is 10.5 Å². The van der Waals surface area contributed by atoms with E-state index in [9.17, 15) is 14.7 Å². The molecule has 1 atom stereocenters. The average molecular weight is 512 g/mol. The number of carboxylic acids is 1. The van der Waals surface area contributed by atoms with Crippen molar-refractivity contribution in [3.8, 4) is 5.75 Å². The minimum Gasteiger partial charge on any atom is -0.478 e. The number of ether oxygens (including phenoxy) is 3. The van der Waals surface area contributed by atoms with E-state index in [0.29, 0.717) is 6.61 Å². The van der Waals surface area contributed by atoms with Crippen molar-refractivity contribution >= 4 is 28.7 Å². The number of methoxy groups -OCH3 is 1. The van der Waals surface area contributed by atoms with E-state index in [-0.39, 0.29) is 21.9 Å². The van der Waals surface area contributed by atoms with E-state index >= 15 is 0 Å². The molecule has 4 saturated carbocycles. The molecule has 0 spiro atoms. The molecule has 0 heterocycles. The van der Waals surface area contributed by atoms with Gasteiger partial charge in [0.2, 0.25) is 0 Å². The fourth-order valence-electron chi connectivity index (χ4n) is 6.94. The molecule has 2 N–H and O–H groups in total. The third-order valence-electron chi connectivity index (χ3n) is 7.88. The van der Waals surface area contributed by atoms with Crippen LogP contribution in [0.5, 0.6) is 5.75 Å². The van der Waals surface area contributed by atoms with Crippen LogP contribution in [0, 0.1) is 17.8 Å². The second-order valence-electron chi connectivity index (χ2n) is 10.3. The summed E-state index contributed by atoms with van der Waals surface area (Å²) in [4.78, 5) is 25.2. The number of anilines is 1. The molecule has 36 heavy (non-hydrogen) atoms. The minimum absolute atomic E-state index is 0.0392. The molecule has 4 fully saturated rings. The largest absolute Gasteiger partial charge is 0.478 e. The molecule has 7 nitrogen and oxygen atoms in total. The Morgan fingerprint density at radius 2 is 1.75 bits per heavy atom. The summed E-state index contributed by atoms with van der Waals surface area (Å²) in [6.45, 7) is 1.57. The maximum absolute atomic E-state index is 12.9. The number of nitrogens with one attached hydrogen (secondary N) is 1. The van der Waals surface area contributed by atoms with Crippen LogP contribution in [-0.4, -0.2) is 36.5 Å². The Morgan fingerprint density at radius 1 is 1.08 bits per heavy atom. The lowest BCUT2D eigenvalue weighted by Gasteiger charge is -2.57. The van der Waals surface area contributed by atoms with Gasteiger partial charge in [0.05, 0.1) is 17.9 Å². The van der Waals surface area contributed by atoms with E-state index in [4.69, 9.17) is 14.2 Å². The molecule has 0 aromatic heterocycles. The van der Waals surface area contributed by atoms with Crippen LogP contribution in [-0.2, 0) is 14.9 Å². The van der Waals surface area contributed by atoms with Gasteiger partial charge in [0, 0.05) is 17.6 Å². The second kappa shape index (κ2) is 10.4. The second-order valence-corrected chi connectivity index (χ2v) is 11.4. The number of hydrogen-bond acceptors (Lipinski definition) is 6. The standard InChI is InChI=1S/C28H33NO6S/c1-3-34-27(33-2)35-24-9-8-20(36-26(32)29-23-7-5-4-6-21(23)25(30)31)13-22(24)28-14-17-10-18(15-28)12-19(11-17)16-28/h4-9,13,17-19,27H,3,10-12,14-16H2,1-2H3,(H,29,32)(H,30,31). The van der Waals surface area contributed by atoms with Crippen molar-refractivity contribution in [1.29, 1.82) is 0 Å². The van der Waals surface area contributed by atoms with E-state index in [1.807, 2.05) is 19.1 Å². The van der Waals surface area contributed by atoms with E-state index in [1.54, 1.807) is 25.3 Å². The van der Waals surface area contributed by atoms with Gasteiger partial charge >= 0.3 is 12.4 Å². The van der Waals surface area contributed by atoms with Crippen molar-refractivity contribution in [2.75, 3.05) is 19.0 Å². The molecule has 192 valence electrons. The van der Waals surface area contributed by atoms with Gasteiger partial charge in [0.25, 0.3) is 5.24 Å².